The number of amides is 2. The van der Waals surface area contributed by atoms with Crippen molar-refractivity contribution in [1.82, 2.24) is 19.9 Å². The molecule has 3 aliphatic rings. The number of pyridine rings is 1. The van der Waals surface area contributed by atoms with Crippen molar-refractivity contribution in [2.24, 2.45) is 30.2 Å². The summed E-state index contributed by atoms with van der Waals surface area (Å²) in [6, 6.07) is 7.30. The number of aryl methyl sites for hydroxylation is 1. The average Bonchev–Trinajstić information content (AvgIpc) is 3.41. The summed E-state index contributed by atoms with van der Waals surface area (Å²) in [5, 5.41) is 6.03. The molecule has 3 atom stereocenters. The first-order valence-corrected chi connectivity index (χ1v) is 12.2. The Labute approximate surface area is 203 Å². The number of benzene rings is 1. The average molecular weight is 472 g/mol. The van der Waals surface area contributed by atoms with Gasteiger partial charge in [0, 0.05) is 44.3 Å². The molecule has 2 fully saturated rings. The number of hydrogen-bond acceptors (Lipinski definition) is 5. The molecule has 2 N–H and O–H groups in total. The minimum absolute atomic E-state index is 0.0659. The molecule has 6 rings (SSSR count). The van der Waals surface area contributed by atoms with Crippen molar-refractivity contribution in [2.75, 3.05) is 25.6 Å². The standard InChI is InChI=1S/C27H29N5O3/c1-32-24-20(26(34)29-14-17-11-18-3-4-21(17)27(18)7-8-27)12-19(30-23(33)15-35-2)13-22(24)31-25(32)16-5-9-28-10-6-16/h3-6,9-10,12-13,17-18,21H,7-8,11,14-15H2,1-2H3,(H,29,34)(H,30,33). The van der Waals surface area contributed by atoms with Gasteiger partial charge in [-0.2, -0.15) is 0 Å². The fourth-order valence-corrected chi connectivity index (χ4v) is 6.36. The van der Waals surface area contributed by atoms with E-state index >= 15 is 0 Å². The molecule has 3 aliphatic carbocycles. The minimum atomic E-state index is -0.285. The molecule has 180 valence electrons. The lowest BCUT2D eigenvalue weighted by atomic mass is 9.89. The molecule has 0 aliphatic heterocycles. The molecule has 2 amide bonds. The van der Waals surface area contributed by atoms with Crippen LogP contribution in [0.3, 0.4) is 0 Å². The topological polar surface area (TPSA) is 98.1 Å². The van der Waals surface area contributed by atoms with Crippen LogP contribution in [0.2, 0.25) is 0 Å². The van der Waals surface area contributed by atoms with Crippen LogP contribution in [0.4, 0.5) is 5.69 Å². The molecule has 2 heterocycles. The number of carbonyl (C=O) groups excluding carboxylic acids is 2. The Balaban J connectivity index is 1.32. The number of rotatable bonds is 7. The van der Waals surface area contributed by atoms with E-state index in [0.717, 1.165) is 23.3 Å². The Bertz CT molecular complexity index is 1340. The van der Waals surface area contributed by atoms with Crippen molar-refractivity contribution < 1.29 is 14.3 Å². The first-order chi connectivity index (χ1) is 17.0. The minimum Gasteiger partial charge on any atom is -0.375 e. The van der Waals surface area contributed by atoms with Crippen LogP contribution in [0.25, 0.3) is 22.4 Å². The van der Waals surface area contributed by atoms with E-state index in [2.05, 4.69) is 27.8 Å². The van der Waals surface area contributed by atoms with Gasteiger partial charge in [0.1, 0.15) is 12.4 Å². The Morgan fingerprint density at radius 3 is 2.71 bits per heavy atom. The first-order valence-electron chi connectivity index (χ1n) is 12.2. The van der Waals surface area contributed by atoms with Crippen LogP contribution in [0.1, 0.15) is 29.6 Å². The number of nitrogens with zero attached hydrogens (tertiary/aromatic N) is 3. The van der Waals surface area contributed by atoms with Gasteiger partial charge in [0.05, 0.1) is 16.6 Å². The lowest BCUT2D eigenvalue weighted by Crippen LogP contribution is -2.32. The zero-order chi connectivity index (χ0) is 24.2. The van der Waals surface area contributed by atoms with Crippen LogP contribution < -0.4 is 10.6 Å². The summed E-state index contributed by atoms with van der Waals surface area (Å²) in [5.74, 6) is 2.04. The van der Waals surface area contributed by atoms with Crippen molar-refractivity contribution in [3.05, 3.63) is 54.4 Å². The van der Waals surface area contributed by atoms with E-state index in [0.29, 0.717) is 46.5 Å². The van der Waals surface area contributed by atoms with E-state index in [9.17, 15) is 9.59 Å². The van der Waals surface area contributed by atoms with Crippen LogP contribution in [-0.2, 0) is 16.6 Å². The summed E-state index contributed by atoms with van der Waals surface area (Å²) in [6.45, 7) is 0.590. The van der Waals surface area contributed by atoms with Crippen molar-refractivity contribution in [2.45, 2.75) is 19.3 Å². The number of aromatic nitrogens is 3. The van der Waals surface area contributed by atoms with Crippen molar-refractivity contribution in [3.63, 3.8) is 0 Å². The number of imidazole rings is 1. The maximum atomic E-state index is 13.5. The molecule has 0 radical (unpaired) electrons. The highest BCUT2D eigenvalue weighted by Gasteiger charge is 2.62. The second-order valence-corrected chi connectivity index (χ2v) is 10.1. The highest BCUT2D eigenvalue weighted by molar-refractivity contribution is 6.08. The van der Waals surface area contributed by atoms with Crippen LogP contribution in [-0.4, -0.2) is 46.6 Å². The second kappa shape index (κ2) is 8.30. The van der Waals surface area contributed by atoms with Gasteiger partial charge in [0.15, 0.2) is 0 Å². The largest absolute Gasteiger partial charge is 0.375 e. The Kier molecular flexibility index (Phi) is 5.21. The molecule has 3 unspecified atom stereocenters. The van der Waals surface area contributed by atoms with E-state index in [4.69, 9.17) is 9.72 Å². The van der Waals surface area contributed by atoms with Gasteiger partial charge in [-0.05, 0) is 66.7 Å². The summed E-state index contributed by atoms with van der Waals surface area (Å²) in [4.78, 5) is 34.6. The van der Waals surface area contributed by atoms with Crippen molar-refractivity contribution >= 4 is 28.5 Å². The summed E-state index contributed by atoms with van der Waals surface area (Å²) in [6.07, 6.45) is 12.0. The number of methoxy groups -OCH3 is 1. The maximum Gasteiger partial charge on any atom is 0.253 e. The van der Waals surface area contributed by atoms with E-state index in [-0.39, 0.29) is 18.4 Å². The lowest BCUT2D eigenvalue weighted by Gasteiger charge is -2.20. The predicted molar refractivity (Wildman–Crippen MR) is 133 cm³/mol. The molecular weight excluding hydrogens is 442 g/mol. The van der Waals surface area contributed by atoms with Gasteiger partial charge in [-0.3, -0.25) is 14.6 Å². The number of carbonyl (C=O) groups is 2. The van der Waals surface area contributed by atoms with Crippen molar-refractivity contribution in [1.29, 1.82) is 0 Å². The SMILES string of the molecule is COCC(=O)Nc1cc(C(=O)NCC2CC3C=CC2C32CC2)c2c(c1)nc(-c1ccncc1)n2C. The van der Waals surface area contributed by atoms with Gasteiger partial charge in [0.2, 0.25) is 5.91 Å². The smallest absolute Gasteiger partial charge is 0.253 e. The number of anilines is 1. The molecule has 8 nitrogen and oxygen atoms in total. The normalized spacial score (nSPS) is 23.2. The molecule has 1 aromatic carbocycles. The lowest BCUT2D eigenvalue weighted by molar-refractivity contribution is -0.119. The molecule has 2 saturated carbocycles. The number of fused-ring (bicyclic) bond motifs is 1. The molecule has 1 spiro atoms. The Hall–Kier alpha value is -3.52. The zero-order valence-electron chi connectivity index (χ0n) is 20.0. The third-order valence-electron chi connectivity index (χ3n) is 8.08. The Morgan fingerprint density at radius 1 is 1.20 bits per heavy atom. The van der Waals surface area contributed by atoms with Crippen LogP contribution in [0, 0.1) is 23.2 Å². The quantitative estimate of drug-likeness (QED) is 0.514. The third kappa shape index (κ3) is 3.63. The number of hydrogen-bond donors (Lipinski definition) is 2. The van der Waals surface area contributed by atoms with Gasteiger partial charge < -0.3 is 19.9 Å². The molecular formula is C27H29N5O3. The van der Waals surface area contributed by atoms with E-state index in [1.165, 1.54) is 20.0 Å². The van der Waals surface area contributed by atoms with Gasteiger partial charge >= 0.3 is 0 Å². The highest BCUT2D eigenvalue weighted by atomic mass is 16.5. The third-order valence-corrected chi connectivity index (χ3v) is 8.08. The van der Waals surface area contributed by atoms with E-state index in [1.807, 2.05) is 23.7 Å². The molecule has 2 bridgehead atoms. The van der Waals surface area contributed by atoms with Gasteiger partial charge in [-0.25, -0.2) is 4.98 Å². The zero-order valence-corrected chi connectivity index (χ0v) is 20.0. The molecule has 8 heteroatoms. The molecule has 0 saturated heterocycles. The number of nitrogens with one attached hydrogen (secondary N) is 2. The van der Waals surface area contributed by atoms with Crippen LogP contribution >= 0.6 is 0 Å². The van der Waals surface area contributed by atoms with E-state index in [1.54, 1.807) is 24.5 Å². The monoisotopic (exact) mass is 471 g/mol. The van der Waals surface area contributed by atoms with Gasteiger partial charge in [-0.15, -0.1) is 0 Å². The molecule has 3 aromatic rings. The molecule has 35 heavy (non-hydrogen) atoms. The van der Waals surface area contributed by atoms with E-state index < -0.39 is 0 Å². The summed E-state index contributed by atoms with van der Waals surface area (Å²) >= 11 is 0. The second-order valence-electron chi connectivity index (χ2n) is 10.1. The fourth-order valence-electron chi connectivity index (χ4n) is 6.36. The Morgan fingerprint density at radius 2 is 2.00 bits per heavy atom. The summed E-state index contributed by atoms with van der Waals surface area (Å²) in [7, 11) is 3.38. The number of ether oxygens (including phenoxy) is 1. The summed E-state index contributed by atoms with van der Waals surface area (Å²) < 4.78 is 6.87. The highest BCUT2D eigenvalue weighted by Crippen LogP contribution is 2.69. The first kappa shape index (κ1) is 22.0. The molecule has 2 aromatic heterocycles. The van der Waals surface area contributed by atoms with Gasteiger partial charge in [0.25, 0.3) is 5.91 Å². The maximum absolute atomic E-state index is 13.5. The predicted octanol–water partition coefficient (Wildman–Crippen LogP) is 3.55. The summed E-state index contributed by atoms with van der Waals surface area (Å²) in [5.41, 5.74) is 3.77. The van der Waals surface area contributed by atoms with Crippen LogP contribution in [0.15, 0.2) is 48.8 Å². The van der Waals surface area contributed by atoms with Crippen LogP contribution in [0.5, 0.6) is 0 Å². The van der Waals surface area contributed by atoms with Gasteiger partial charge in [-0.1, -0.05) is 12.2 Å². The fraction of sp³-hybridized carbons (Fsp3) is 0.407. The van der Waals surface area contributed by atoms with Crippen molar-refractivity contribution in [3.8, 4) is 11.4 Å². The number of allylic oxidation sites excluding steroid dienone is 2.